The Kier molecular flexibility index (Phi) is 13.6. The first-order chi connectivity index (χ1) is 29.6. The maximum absolute atomic E-state index is 14.4. The van der Waals surface area contributed by atoms with Crippen molar-refractivity contribution in [2.45, 2.75) is 62.8 Å². The first kappa shape index (κ1) is 42.0. The molecule has 0 bridgehead atoms. The summed E-state index contributed by atoms with van der Waals surface area (Å²) in [6.07, 6.45) is 1.17. The number of carbonyl (C=O) groups is 5. The van der Waals surface area contributed by atoms with Gasteiger partial charge in [0.1, 0.15) is 18.1 Å². The van der Waals surface area contributed by atoms with Crippen LogP contribution in [0.3, 0.4) is 0 Å². The summed E-state index contributed by atoms with van der Waals surface area (Å²) in [5.74, 6) is -3.07. The van der Waals surface area contributed by atoms with E-state index in [1.165, 1.54) is 4.90 Å². The van der Waals surface area contributed by atoms with Gasteiger partial charge in [0.05, 0.1) is 6.04 Å². The molecule has 310 valence electrons. The molecule has 1 aliphatic rings. The molecule has 4 amide bonds. The number of hydrogen-bond donors (Lipinski definition) is 5. The van der Waals surface area contributed by atoms with E-state index in [2.05, 4.69) is 40.2 Å². The fourth-order valence-corrected chi connectivity index (χ4v) is 7.91. The number of carboxylic acid groups (broad SMARTS) is 1. The molecule has 1 heterocycles. The van der Waals surface area contributed by atoms with Crippen LogP contribution in [-0.4, -0.2) is 70.3 Å². The molecule has 6 aromatic carbocycles. The molecular weight excluding hydrogens is 767 g/mol. The molecule has 6 N–H and O–H groups in total. The maximum atomic E-state index is 14.4. The summed E-state index contributed by atoms with van der Waals surface area (Å²) >= 11 is 0. The first-order valence-corrected chi connectivity index (χ1v) is 20.5. The number of benzene rings is 6. The Hall–Kier alpha value is -7.11. The molecule has 11 nitrogen and oxygen atoms in total. The summed E-state index contributed by atoms with van der Waals surface area (Å²) in [6.45, 7) is 0.600. The fourth-order valence-electron chi connectivity index (χ4n) is 7.91. The van der Waals surface area contributed by atoms with E-state index in [1.807, 2.05) is 78.9 Å². The van der Waals surface area contributed by atoms with Crippen LogP contribution in [0.5, 0.6) is 0 Å². The van der Waals surface area contributed by atoms with Crippen LogP contribution in [0.2, 0.25) is 0 Å². The standard InChI is InChI=1S/C50H49N5O6/c51-42(28-35-22-24-38(25-23-35)46(56)52-27-26-37-20-11-19-36-16-9-10-21-41(36)37)49(59)55-32-40-18-8-7-17-39(40)31-45(55)48(58)53-43(29-33-12-3-1-4-13-33)47(57)54-44(50(60)61)30-34-14-5-2-6-15-34/h1-25,42-45H,26-32,51H2,(H,52,56)(H,53,58)(H,54,57)(H,60,61)/t42-,43-,44-,45?/m0/s1. The van der Waals surface area contributed by atoms with Crippen LogP contribution in [0, 0.1) is 0 Å². The number of amides is 4. The normalized spacial score (nSPS) is 14.8. The van der Waals surface area contributed by atoms with Gasteiger partial charge in [0, 0.05) is 37.9 Å². The van der Waals surface area contributed by atoms with Crippen molar-refractivity contribution < 1.29 is 29.1 Å². The zero-order chi connectivity index (χ0) is 42.7. The number of carbonyl (C=O) groups excluding carboxylic acids is 4. The highest BCUT2D eigenvalue weighted by Crippen LogP contribution is 2.25. The predicted molar refractivity (Wildman–Crippen MR) is 234 cm³/mol. The van der Waals surface area contributed by atoms with E-state index in [0.717, 1.165) is 44.2 Å². The summed E-state index contributed by atoms with van der Waals surface area (Å²) in [6, 6.07) is 42.5. The van der Waals surface area contributed by atoms with Crippen LogP contribution < -0.4 is 21.7 Å². The average molecular weight is 816 g/mol. The smallest absolute Gasteiger partial charge is 0.326 e. The molecule has 11 heteroatoms. The fraction of sp³-hybridized carbons (Fsp3) is 0.220. The van der Waals surface area contributed by atoms with Gasteiger partial charge in [0.25, 0.3) is 5.91 Å². The van der Waals surface area contributed by atoms with Crippen molar-refractivity contribution in [1.82, 2.24) is 20.9 Å². The molecule has 1 aliphatic heterocycles. The molecule has 0 radical (unpaired) electrons. The number of rotatable bonds is 16. The Morgan fingerprint density at radius 2 is 1.23 bits per heavy atom. The van der Waals surface area contributed by atoms with Crippen molar-refractivity contribution in [3.63, 3.8) is 0 Å². The van der Waals surface area contributed by atoms with E-state index < -0.39 is 47.9 Å². The molecule has 7 rings (SSSR count). The Balaban J connectivity index is 1.02. The van der Waals surface area contributed by atoms with Gasteiger partial charge in [-0.05, 0) is 69.1 Å². The highest BCUT2D eigenvalue weighted by atomic mass is 16.4. The van der Waals surface area contributed by atoms with Crippen molar-refractivity contribution in [3.05, 3.63) is 191 Å². The summed E-state index contributed by atoms with van der Waals surface area (Å²) < 4.78 is 0. The molecule has 1 unspecified atom stereocenters. The number of nitrogens with two attached hydrogens (primary N) is 1. The second-order valence-corrected chi connectivity index (χ2v) is 15.4. The second kappa shape index (κ2) is 19.8. The Bertz CT molecular complexity index is 2490. The highest BCUT2D eigenvalue weighted by molar-refractivity contribution is 5.96. The van der Waals surface area contributed by atoms with Gasteiger partial charge in [0.15, 0.2) is 0 Å². The molecule has 61 heavy (non-hydrogen) atoms. The average Bonchev–Trinajstić information content (AvgIpc) is 3.28. The summed E-state index contributed by atoms with van der Waals surface area (Å²) in [4.78, 5) is 69.3. The number of nitrogens with one attached hydrogen (secondary N) is 3. The summed E-state index contributed by atoms with van der Waals surface area (Å²) in [7, 11) is 0. The molecule has 0 fully saturated rings. The van der Waals surface area contributed by atoms with Crippen LogP contribution in [0.1, 0.15) is 43.7 Å². The number of aliphatic carboxylic acids is 1. The lowest BCUT2D eigenvalue weighted by atomic mass is 9.92. The van der Waals surface area contributed by atoms with Crippen LogP contribution >= 0.6 is 0 Å². The number of hydrogen-bond acceptors (Lipinski definition) is 6. The van der Waals surface area contributed by atoms with Gasteiger partial charge in [0.2, 0.25) is 17.7 Å². The van der Waals surface area contributed by atoms with Gasteiger partial charge < -0.3 is 31.7 Å². The lowest BCUT2D eigenvalue weighted by Crippen LogP contribution is -2.60. The van der Waals surface area contributed by atoms with Gasteiger partial charge in [-0.1, -0.05) is 140 Å². The lowest BCUT2D eigenvalue weighted by molar-refractivity contribution is -0.144. The largest absolute Gasteiger partial charge is 0.480 e. The zero-order valence-electron chi connectivity index (χ0n) is 33.7. The minimum absolute atomic E-state index is 0.0516. The van der Waals surface area contributed by atoms with Crippen molar-refractivity contribution in [1.29, 1.82) is 0 Å². The van der Waals surface area contributed by atoms with Gasteiger partial charge >= 0.3 is 5.97 Å². The van der Waals surface area contributed by atoms with E-state index in [9.17, 15) is 29.1 Å². The third kappa shape index (κ3) is 10.7. The second-order valence-electron chi connectivity index (χ2n) is 15.4. The van der Waals surface area contributed by atoms with Gasteiger partial charge in [-0.3, -0.25) is 19.2 Å². The Morgan fingerprint density at radius 1 is 0.639 bits per heavy atom. The Morgan fingerprint density at radius 3 is 1.92 bits per heavy atom. The van der Waals surface area contributed by atoms with Crippen molar-refractivity contribution in [3.8, 4) is 0 Å². The SMILES string of the molecule is N[C@@H](Cc1ccc(C(=O)NCCc2cccc3ccccc23)cc1)C(=O)N1Cc2ccccc2CC1C(=O)N[C@@H](Cc1ccccc1)C(=O)N[C@@H](Cc1ccccc1)C(=O)O. The topological polar surface area (TPSA) is 171 Å². The van der Waals surface area contributed by atoms with Crippen molar-refractivity contribution in [2.75, 3.05) is 6.54 Å². The molecule has 0 saturated heterocycles. The van der Waals surface area contributed by atoms with Crippen molar-refractivity contribution in [2.24, 2.45) is 5.73 Å². The molecule has 0 saturated carbocycles. The van der Waals surface area contributed by atoms with Crippen LogP contribution in [0.15, 0.2) is 152 Å². The molecule has 4 atom stereocenters. The molecule has 6 aromatic rings. The van der Waals surface area contributed by atoms with Gasteiger partial charge in [-0.2, -0.15) is 0 Å². The zero-order valence-corrected chi connectivity index (χ0v) is 33.7. The summed E-state index contributed by atoms with van der Waals surface area (Å²) in [5.41, 5.74) is 12.2. The van der Waals surface area contributed by atoms with E-state index in [0.29, 0.717) is 18.5 Å². The quantitative estimate of drug-likeness (QED) is 0.0897. The third-order valence-corrected chi connectivity index (χ3v) is 11.2. The minimum Gasteiger partial charge on any atom is -0.480 e. The number of nitrogens with zero attached hydrogens (tertiary/aromatic N) is 1. The van der Waals surface area contributed by atoms with E-state index >= 15 is 0 Å². The molecule has 0 aliphatic carbocycles. The van der Waals surface area contributed by atoms with Crippen LogP contribution in [0.4, 0.5) is 0 Å². The number of fused-ring (bicyclic) bond motifs is 2. The maximum Gasteiger partial charge on any atom is 0.326 e. The lowest BCUT2D eigenvalue weighted by Gasteiger charge is -2.38. The van der Waals surface area contributed by atoms with Crippen molar-refractivity contribution >= 4 is 40.4 Å². The van der Waals surface area contributed by atoms with Gasteiger partial charge in [-0.15, -0.1) is 0 Å². The predicted octanol–water partition coefficient (Wildman–Crippen LogP) is 5.18. The number of carboxylic acids is 1. The molecule has 0 spiro atoms. The minimum atomic E-state index is -1.24. The monoisotopic (exact) mass is 815 g/mol. The highest BCUT2D eigenvalue weighted by Gasteiger charge is 2.38. The van der Waals surface area contributed by atoms with Crippen LogP contribution in [-0.2, 0) is 57.8 Å². The van der Waals surface area contributed by atoms with Crippen LogP contribution in [0.25, 0.3) is 10.8 Å². The third-order valence-electron chi connectivity index (χ3n) is 11.2. The first-order valence-electron chi connectivity index (χ1n) is 20.5. The molecule has 0 aromatic heterocycles. The van der Waals surface area contributed by atoms with E-state index in [-0.39, 0.29) is 38.1 Å². The van der Waals surface area contributed by atoms with E-state index in [1.54, 1.807) is 48.5 Å². The molecular formula is C50H49N5O6. The van der Waals surface area contributed by atoms with Gasteiger partial charge in [-0.25, -0.2) is 4.79 Å². The summed E-state index contributed by atoms with van der Waals surface area (Å²) in [5, 5.41) is 20.9. The Labute approximate surface area is 355 Å². The van der Waals surface area contributed by atoms with E-state index in [4.69, 9.17) is 5.73 Å².